The van der Waals surface area contributed by atoms with Crippen molar-refractivity contribution in [1.82, 2.24) is 16.0 Å². The molecule has 36 heavy (non-hydrogen) atoms. The Labute approximate surface area is 210 Å². The molecule has 3 atom stereocenters. The molecule has 0 saturated carbocycles. The summed E-state index contributed by atoms with van der Waals surface area (Å²) in [6.45, 7) is 5.10. The van der Waals surface area contributed by atoms with Gasteiger partial charge in [0.2, 0.25) is 23.6 Å². The second-order valence-electron chi connectivity index (χ2n) is 9.17. The lowest BCUT2D eigenvalue weighted by molar-refractivity contribution is -0.137. The van der Waals surface area contributed by atoms with Gasteiger partial charge in [-0.25, -0.2) is 0 Å². The van der Waals surface area contributed by atoms with Crippen LogP contribution < -0.4 is 16.0 Å². The van der Waals surface area contributed by atoms with Crippen LogP contribution in [-0.4, -0.2) is 42.0 Å². The zero-order valence-corrected chi connectivity index (χ0v) is 20.6. The van der Waals surface area contributed by atoms with Crippen LogP contribution in [-0.2, 0) is 24.0 Å². The first-order valence-electron chi connectivity index (χ1n) is 12.0. The van der Waals surface area contributed by atoms with Gasteiger partial charge >= 0.3 is 0 Å². The van der Waals surface area contributed by atoms with Crippen LogP contribution >= 0.6 is 0 Å². The zero-order valence-electron chi connectivity index (χ0n) is 20.6. The predicted molar refractivity (Wildman–Crippen MR) is 136 cm³/mol. The average molecular weight is 490 g/mol. The number of benzene rings is 2. The van der Waals surface area contributed by atoms with E-state index in [0.29, 0.717) is 0 Å². The molecule has 1 saturated heterocycles. The first-order valence-corrected chi connectivity index (χ1v) is 12.0. The molecule has 2 aromatic rings. The van der Waals surface area contributed by atoms with Gasteiger partial charge in [0.25, 0.3) is 0 Å². The second-order valence-corrected chi connectivity index (χ2v) is 9.17. The molecule has 0 aliphatic carbocycles. The van der Waals surface area contributed by atoms with Gasteiger partial charge in [-0.15, -0.1) is 0 Å². The van der Waals surface area contributed by atoms with Crippen LogP contribution in [0.5, 0.6) is 0 Å². The van der Waals surface area contributed by atoms with E-state index in [-0.39, 0.29) is 24.8 Å². The fourth-order valence-electron chi connectivity index (χ4n) is 4.02. The first-order chi connectivity index (χ1) is 17.2. The maximum Gasteiger partial charge on any atom is 0.244 e. The normalized spacial score (nSPS) is 18.2. The van der Waals surface area contributed by atoms with Gasteiger partial charge < -0.3 is 10.6 Å². The topological polar surface area (TPSA) is 121 Å². The Morgan fingerprint density at radius 1 is 0.944 bits per heavy atom. The van der Waals surface area contributed by atoms with Crippen LogP contribution in [0.4, 0.5) is 0 Å². The Bertz CT molecular complexity index is 1160. The van der Waals surface area contributed by atoms with Crippen molar-refractivity contribution < 1.29 is 24.0 Å². The Balaban J connectivity index is 1.46. The van der Waals surface area contributed by atoms with Gasteiger partial charge in [0.15, 0.2) is 5.78 Å². The highest BCUT2D eigenvalue weighted by Crippen LogP contribution is 2.23. The maximum atomic E-state index is 12.9. The first kappa shape index (κ1) is 26.5. The quantitative estimate of drug-likeness (QED) is 0.269. The van der Waals surface area contributed by atoms with Crippen LogP contribution in [0.3, 0.4) is 0 Å². The minimum atomic E-state index is -1.11. The number of ketones is 1. The van der Waals surface area contributed by atoms with Crippen molar-refractivity contribution in [3.05, 3.63) is 66.2 Å². The summed E-state index contributed by atoms with van der Waals surface area (Å²) in [5.41, 5.74) is 3.06. The molecule has 0 aromatic heterocycles. The summed E-state index contributed by atoms with van der Waals surface area (Å²) in [6.07, 6.45) is 3.05. The van der Waals surface area contributed by atoms with E-state index in [0.717, 1.165) is 16.7 Å². The van der Waals surface area contributed by atoms with Crippen molar-refractivity contribution in [2.24, 2.45) is 17.8 Å². The average Bonchev–Trinajstić information content (AvgIpc) is 3.12. The maximum absolute atomic E-state index is 12.9. The molecule has 2 aromatic carbocycles. The highest BCUT2D eigenvalue weighted by atomic mass is 16.2. The van der Waals surface area contributed by atoms with E-state index < -0.39 is 41.4 Å². The summed E-state index contributed by atoms with van der Waals surface area (Å²) in [7, 11) is 0. The van der Waals surface area contributed by atoms with Crippen LogP contribution in [0.2, 0.25) is 0 Å². The molecule has 8 heteroatoms. The standard InChI is InChI=1S/C28H31N3O5/c1-17(2)25(26(34)24-18(3)27(35)31-28(24)36)30-23(33)15-16-29-22(32)14-11-19-9-12-21(13-10-19)20-7-5-4-6-8-20/h4-14,17-18,24-25H,15-16H2,1-3H3,(H,29,32)(H,30,33)(H,31,35,36)/b14-11+. The highest BCUT2D eigenvalue weighted by Gasteiger charge is 2.46. The van der Waals surface area contributed by atoms with Gasteiger partial charge in [0.05, 0.1) is 12.0 Å². The number of hydrogen-bond acceptors (Lipinski definition) is 5. The largest absolute Gasteiger partial charge is 0.352 e. The third-order valence-electron chi connectivity index (χ3n) is 6.13. The number of nitrogens with one attached hydrogen (secondary N) is 3. The molecule has 3 unspecified atom stereocenters. The molecule has 1 heterocycles. The SMILES string of the molecule is CC(C)C(NC(=O)CCNC(=O)/C=C/c1ccc(-c2ccccc2)cc1)C(=O)C1C(=O)NC(=O)C1C. The Kier molecular flexibility index (Phi) is 8.89. The summed E-state index contributed by atoms with van der Waals surface area (Å²) < 4.78 is 0. The van der Waals surface area contributed by atoms with Crippen LogP contribution in [0, 0.1) is 17.8 Å². The summed E-state index contributed by atoms with van der Waals surface area (Å²) >= 11 is 0. The van der Waals surface area contributed by atoms with E-state index in [1.807, 2.05) is 54.6 Å². The minimum Gasteiger partial charge on any atom is -0.352 e. The van der Waals surface area contributed by atoms with E-state index in [1.165, 1.54) is 13.0 Å². The number of rotatable bonds is 10. The molecular formula is C28H31N3O5. The highest BCUT2D eigenvalue weighted by molar-refractivity contribution is 6.16. The molecule has 0 bridgehead atoms. The molecule has 1 fully saturated rings. The lowest BCUT2D eigenvalue weighted by Gasteiger charge is -2.24. The number of carbonyl (C=O) groups is 5. The van der Waals surface area contributed by atoms with E-state index in [1.54, 1.807) is 19.9 Å². The van der Waals surface area contributed by atoms with Crippen molar-refractivity contribution in [3.8, 4) is 11.1 Å². The predicted octanol–water partition coefficient (Wildman–Crippen LogP) is 2.49. The van der Waals surface area contributed by atoms with Gasteiger partial charge in [-0.2, -0.15) is 0 Å². The third-order valence-corrected chi connectivity index (χ3v) is 6.13. The van der Waals surface area contributed by atoms with Crippen molar-refractivity contribution in [3.63, 3.8) is 0 Å². The smallest absolute Gasteiger partial charge is 0.244 e. The van der Waals surface area contributed by atoms with E-state index in [2.05, 4.69) is 16.0 Å². The molecule has 4 amide bonds. The lowest BCUT2D eigenvalue weighted by atomic mass is 9.85. The number of carbonyl (C=O) groups excluding carboxylic acids is 5. The van der Waals surface area contributed by atoms with Gasteiger partial charge in [0.1, 0.15) is 5.92 Å². The molecule has 8 nitrogen and oxygen atoms in total. The monoisotopic (exact) mass is 489 g/mol. The fourth-order valence-corrected chi connectivity index (χ4v) is 4.02. The molecule has 3 N–H and O–H groups in total. The summed E-state index contributed by atoms with van der Waals surface area (Å²) in [5, 5.41) is 7.46. The number of imide groups is 1. The molecule has 1 aliphatic rings. The van der Waals surface area contributed by atoms with Crippen molar-refractivity contribution in [2.45, 2.75) is 33.2 Å². The Morgan fingerprint density at radius 2 is 1.58 bits per heavy atom. The Hall–Kier alpha value is -4.07. The minimum absolute atomic E-state index is 0.0345. The van der Waals surface area contributed by atoms with Crippen LogP contribution in [0.15, 0.2) is 60.7 Å². The second kappa shape index (κ2) is 12.1. The van der Waals surface area contributed by atoms with Crippen molar-refractivity contribution in [2.75, 3.05) is 6.54 Å². The molecule has 188 valence electrons. The molecule has 0 spiro atoms. The molecule has 0 radical (unpaired) electrons. The summed E-state index contributed by atoms with van der Waals surface area (Å²) in [5.74, 6) is -4.55. The van der Waals surface area contributed by atoms with E-state index >= 15 is 0 Å². The van der Waals surface area contributed by atoms with E-state index in [4.69, 9.17) is 0 Å². The summed E-state index contributed by atoms with van der Waals surface area (Å²) in [6, 6.07) is 16.9. The number of Topliss-reactive ketones (excluding diaryl/α,β-unsaturated/α-hetero) is 1. The summed E-state index contributed by atoms with van der Waals surface area (Å²) in [4.78, 5) is 61.2. The van der Waals surface area contributed by atoms with Crippen molar-refractivity contribution in [1.29, 1.82) is 0 Å². The fraction of sp³-hybridized carbons (Fsp3) is 0.321. The molecule has 1 aliphatic heterocycles. The number of hydrogen-bond donors (Lipinski definition) is 3. The van der Waals surface area contributed by atoms with Crippen LogP contribution in [0.1, 0.15) is 32.8 Å². The molecule has 3 rings (SSSR count). The van der Waals surface area contributed by atoms with Gasteiger partial charge in [-0.1, -0.05) is 75.4 Å². The van der Waals surface area contributed by atoms with Crippen LogP contribution in [0.25, 0.3) is 17.2 Å². The van der Waals surface area contributed by atoms with E-state index in [9.17, 15) is 24.0 Å². The lowest BCUT2D eigenvalue weighted by Crippen LogP contribution is -2.49. The third kappa shape index (κ3) is 6.75. The molecular weight excluding hydrogens is 458 g/mol. The van der Waals surface area contributed by atoms with Gasteiger partial charge in [-0.05, 0) is 28.7 Å². The number of amides is 4. The Morgan fingerprint density at radius 3 is 2.17 bits per heavy atom. The zero-order chi connectivity index (χ0) is 26.2. The van der Waals surface area contributed by atoms with Gasteiger partial charge in [-0.3, -0.25) is 29.3 Å². The van der Waals surface area contributed by atoms with Crippen molar-refractivity contribution >= 4 is 35.5 Å². The van der Waals surface area contributed by atoms with Gasteiger partial charge in [0, 0.05) is 19.0 Å².